The summed E-state index contributed by atoms with van der Waals surface area (Å²) in [6.45, 7) is 1.82. The van der Waals surface area contributed by atoms with E-state index in [-0.39, 0.29) is 5.78 Å². The number of Topliss-reactive ketones (excluding diaryl/α,β-unsaturated/α-hetero) is 1. The standard InChI is InChI=1S/C10H11ClO2/c1-3-10(12)7-4-8(11)6-9(5-7)13-2/h4-6H,3H2,1-2H3. The van der Waals surface area contributed by atoms with Gasteiger partial charge in [0.1, 0.15) is 5.75 Å². The molecule has 0 atom stereocenters. The molecule has 0 aliphatic heterocycles. The second-order valence-corrected chi connectivity index (χ2v) is 3.09. The van der Waals surface area contributed by atoms with Gasteiger partial charge in [-0.1, -0.05) is 18.5 Å². The van der Waals surface area contributed by atoms with Crippen LogP contribution in [0.2, 0.25) is 5.02 Å². The molecule has 0 saturated carbocycles. The molecule has 2 nitrogen and oxygen atoms in total. The van der Waals surface area contributed by atoms with Crippen LogP contribution in [-0.4, -0.2) is 12.9 Å². The summed E-state index contributed by atoms with van der Waals surface area (Å²) in [6, 6.07) is 5.02. The van der Waals surface area contributed by atoms with Gasteiger partial charge < -0.3 is 4.74 Å². The lowest BCUT2D eigenvalue weighted by atomic mass is 10.1. The molecule has 0 amide bonds. The van der Waals surface area contributed by atoms with Gasteiger partial charge in [0.05, 0.1) is 7.11 Å². The molecule has 0 N–H and O–H groups in total. The second-order valence-electron chi connectivity index (χ2n) is 2.66. The zero-order chi connectivity index (χ0) is 9.84. The molecule has 70 valence electrons. The van der Waals surface area contributed by atoms with Crippen molar-refractivity contribution in [3.05, 3.63) is 28.8 Å². The summed E-state index contributed by atoms with van der Waals surface area (Å²) < 4.78 is 4.99. The molecule has 1 rings (SSSR count). The lowest BCUT2D eigenvalue weighted by molar-refractivity contribution is 0.0988. The van der Waals surface area contributed by atoms with Gasteiger partial charge in [0.15, 0.2) is 5.78 Å². The molecule has 0 radical (unpaired) electrons. The van der Waals surface area contributed by atoms with Gasteiger partial charge in [0, 0.05) is 17.0 Å². The summed E-state index contributed by atoms with van der Waals surface area (Å²) in [6.07, 6.45) is 0.476. The van der Waals surface area contributed by atoms with Crippen LogP contribution in [0.4, 0.5) is 0 Å². The first kappa shape index (κ1) is 10.1. The molecule has 0 saturated heterocycles. The SMILES string of the molecule is CCC(=O)c1cc(Cl)cc(OC)c1. The van der Waals surface area contributed by atoms with E-state index in [1.54, 1.807) is 25.3 Å². The molecule has 0 heterocycles. The number of hydrogen-bond acceptors (Lipinski definition) is 2. The summed E-state index contributed by atoms with van der Waals surface area (Å²) in [4.78, 5) is 11.3. The fourth-order valence-corrected chi connectivity index (χ4v) is 1.27. The highest BCUT2D eigenvalue weighted by Crippen LogP contribution is 2.21. The Kier molecular flexibility index (Phi) is 3.32. The Labute approximate surface area is 82.5 Å². The van der Waals surface area contributed by atoms with Crippen molar-refractivity contribution in [3.8, 4) is 5.75 Å². The Morgan fingerprint density at radius 3 is 2.69 bits per heavy atom. The number of rotatable bonds is 3. The van der Waals surface area contributed by atoms with Crippen LogP contribution in [-0.2, 0) is 0 Å². The van der Waals surface area contributed by atoms with E-state index in [4.69, 9.17) is 16.3 Å². The number of carbonyl (C=O) groups excluding carboxylic acids is 1. The quantitative estimate of drug-likeness (QED) is 0.698. The van der Waals surface area contributed by atoms with Gasteiger partial charge in [-0.05, 0) is 18.2 Å². The minimum absolute atomic E-state index is 0.0702. The molecule has 3 heteroatoms. The third-order valence-corrected chi connectivity index (χ3v) is 1.97. The minimum atomic E-state index is 0.0702. The normalized spacial score (nSPS) is 9.77. The maximum atomic E-state index is 11.3. The van der Waals surface area contributed by atoms with Crippen LogP contribution in [0.15, 0.2) is 18.2 Å². The first-order valence-corrected chi connectivity index (χ1v) is 4.43. The number of carbonyl (C=O) groups is 1. The molecule has 0 aliphatic carbocycles. The fraction of sp³-hybridized carbons (Fsp3) is 0.300. The number of methoxy groups -OCH3 is 1. The highest BCUT2D eigenvalue weighted by atomic mass is 35.5. The molecule has 0 unspecified atom stereocenters. The van der Waals surface area contributed by atoms with Crippen LogP contribution in [0, 0.1) is 0 Å². The topological polar surface area (TPSA) is 26.3 Å². The summed E-state index contributed by atoms with van der Waals surface area (Å²) in [5, 5.41) is 0.524. The molecule has 0 aliphatic rings. The second kappa shape index (κ2) is 4.28. The fourth-order valence-electron chi connectivity index (χ4n) is 1.05. The molecule has 0 spiro atoms. The van der Waals surface area contributed by atoms with Crippen LogP contribution < -0.4 is 4.74 Å². The van der Waals surface area contributed by atoms with Crippen molar-refractivity contribution in [1.82, 2.24) is 0 Å². The van der Waals surface area contributed by atoms with Crippen molar-refractivity contribution in [2.24, 2.45) is 0 Å². The average molecular weight is 199 g/mol. The summed E-state index contributed by atoms with van der Waals surface area (Å²) in [7, 11) is 1.55. The number of hydrogen-bond donors (Lipinski definition) is 0. The van der Waals surface area contributed by atoms with E-state index in [2.05, 4.69) is 0 Å². The lowest BCUT2D eigenvalue weighted by Gasteiger charge is -2.03. The van der Waals surface area contributed by atoms with E-state index in [1.165, 1.54) is 0 Å². The Balaban J connectivity index is 3.08. The zero-order valence-electron chi connectivity index (χ0n) is 7.63. The third-order valence-electron chi connectivity index (χ3n) is 1.75. The van der Waals surface area contributed by atoms with Crippen LogP contribution in [0.5, 0.6) is 5.75 Å². The van der Waals surface area contributed by atoms with Crippen molar-refractivity contribution >= 4 is 17.4 Å². The van der Waals surface area contributed by atoms with E-state index in [1.807, 2.05) is 6.92 Å². The Morgan fingerprint density at radius 1 is 1.46 bits per heavy atom. The van der Waals surface area contributed by atoms with Gasteiger partial charge in [0.25, 0.3) is 0 Å². The molecule has 13 heavy (non-hydrogen) atoms. The molecular formula is C10H11ClO2. The maximum Gasteiger partial charge on any atom is 0.162 e. The molecule has 0 fully saturated rings. The minimum Gasteiger partial charge on any atom is -0.497 e. The summed E-state index contributed by atoms with van der Waals surface area (Å²) in [5.41, 5.74) is 0.604. The number of ketones is 1. The Hall–Kier alpha value is -1.02. The van der Waals surface area contributed by atoms with E-state index < -0.39 is 0 Å². The molecule has 1 aromatic rings. The van der Waals surface area contributed by atoms with Crippen molar-refractivity contribution in [2.75, 3.05) is 7.11 Å². The van der Waals surface area contributed by atoms with E-state index >= 15 is 0 Å². The number of halogens is 1. The van der Waals surface area contributed by atoms with Gasteiger partial charge in [-0.25, -0.2) is 0 Å². The molecule has 1 aromatic carbocycles. The van der Waals surface area contributed by atoms with Crippen molar-refractivity contribution in [3.63, 3.8) is 0 Å². The van der Waals surface area contributed by atoms with Gasteiger partial charge in [-0.2, -0.15) is 0 Å². The largest absolute Gasteiger partial charge is 0.497 e. The Morgan fingerprint density at radius 2 is 2.15 bits per heavy atom. The molecular weight excluding hydrogens is 188 g/mol. The number of ether oxygens (including phenoxy) is 1. The Bertz CT molecular complexity index is 321. The van der Waals surface area contributed by atoms with Crippen molar-refractivity contribution < 1.29 is 9.53 Å². The van der Waals surface area contributed by atoms with Gasteiger partial charge >= 0.3 is 0 Å². The molecule has 0 aromatic heterocycles. The van der Waals surface area contributed by atoms with Gasteiger partial charge in [0.2, 0.25) is 0 Å². The van der Waals surface area contributed by atoms with E-state index in [0.717, 1.165) is 0 Å². The van der Waals surface area contributed by atoms with Crippen molar-refractivity contribution in [1.29, 1.82) is 0 Å². The highest BCUT2D eigenvalue weighted by molar-refractivity contribution is 6.31. The smallest absolute Gasteiger partial charge is 0.162 e. The number of benzene rings is 1. The summed E-state index contributed by atoms with van der Waals surface area (Å²) in [5.74, 6) is 0.685. The predicted molar refractivity (Wildman–Crippen MR) is 52.6 cm³/mol. The summed E-state index contributed by atoms with van der Waals surface area (Å²) >= 11 is 5.80. The monoisotopic (exact) mass is 198 g/mol. The van der Waals surface area contributed by atoms with Gasteiger partial charge in [-0.15, -0.1) is 0 Å². The van der Waals surface area contributed by atoms with Crippen LogP contribution >= 0.6 is 11.6 Å². The maximum absolute atomic E-state index is 11.3. The third kappa shape index (κ3) is 2.46. The van der Waals surface area contributed by atoms with Gasteiger partial charge in [-0.3, -0.25) is 4.79 Å². The van der Waals surface area contributed by atoms with Crippen LogP contribution in [0.1, 0.15) is 23.7 Å². The lowest BCUT2D eigenvalue weighted by Crippen LogP contribution is -1.97. The van der Waals surface area contributed by atoms with E-state index in [0.29, 0.717) is 22.8 Å². The zero-order valence-corrected chi connectivity index (χ0v) is 8.39. The first-order chi connectivity index (χ1) is 6.17. The van der Waals surface area contributed by atoms with E-state index in [9.17, 15) is 4.79 Å². The average Bonchev–Trinajstić information content (AvgIpc) is 2.15. The highest BCUT2D eigenvalue weighted by Gasteiger charge is 2.05. The van der Waals surface area contributed by atoms with Crippen LogP contribution in [0.3, 0.4) is 0 Å². The van der Waals surface area contributed by atoms with Crippen LogP contribution in [0.25, 0.3) is 0 Å². The predicted octanol–water partition coefficient (Wildman–Crippen LogP) is 2.94. The van der Waals surface area contributed by atoms with Crippen molar-refractivity contribution in [2.45, 2.75) is 13.3 Å². The first-order valence-electron chi connectivity index (χ1n) is 4.05. The molecule has 0 bridgehead atoms.